The van der Waals surface area contributed by atoms with Crippen LogP contribution in [0.5, 0.6) is 5.75 Å². The predicted octanol–water partition coefficient (Wildman–Crippen LogP) is 0.814. The normalized spacial score (nSPS) is 11.9. The number of methoxy groups -OCH3 is 1. The molecule has 0 aliphatic rings. The third-order valence-electron chi connectivity index (χ3n) is 1.69. The summed E-state index contributed by atoms with van der Waals surface area (Å²) >= 11 is 0. The van der Waals surface area contributed by atoms with Crippen molar-refractivity contribution in [3.8, 4) is 5.75 Å². The van der Waals surface area contributed by atoms with Gasteiger partial charge in [-0.1, -0.05) is 0 Å². The third kappa shape index (κ3) is 2.25. The number of pyridine rings is 1. The minimum Gasteiger partial charge on any atom is -0.492 e. The lowest BCUT2D eigenvalue weighted by Gasteiger charge is -2.09. The second kappa shape index (κ2) is 4.26. The van der Waals surface area contributed by atoms with E-state index < -0.39 is 38.6 Å². The van der Waals surface area contributed by atoms with Crippen LogP contribution in [0.4, 0.5) is 13.2 Å². The Morgan fingerprint density at radius 1 is 1.50 bits per heavy atom. The molecule has 0 aliphatic heterocycles. The summed E-state index contributed by atoms with van der Waals surface area (Å²) in [7, 11) is -3.46. The quantitative estimate of drug-likeness (QED) is 0.867. The summed E-state index contributed by atoms with van der Waals surface area (Å²) < 4.78 is 64.1. The Kier molecular flexibility index (Phi) is 3.38. The highest BCUT2D eigenvalue weighted by Gasteiger charge is 2.26. The van der Waals surface area contributed by atoms with Gasteiger partial charge in [-0.2, -0.15) is 0 Å². The van der Waals surface area contributed by atoms with Crippen LogP contribution in [-0.2, 0) is 10.0 Å². The molecule has 5 nitrogen and oxygen atoms in total. The molecule has 1 aromatic heterocycles. The summed E-state index contributed by atoms with van der Waals surface area (Å²) in [5, 5.41) is 4.66. The lowest BCUT2D eigenvalue weighted by atomic mass is 10.3. The van der Waals surface area contributed by atoms with Gasteiger partial charge in [0.2, 0.25) is 10.0 Å². The molecule has 1 rings (SSSR count). The molecule has 0 saturated heterocycles. The molecule has 0 amide bonds. The second-order valence-electron chi connectivity index (χ2n) is 2.70. The number of nitrogens with zero attached hydrogens (tertiary/aromatic N) is 1. The van der Waals surface area contributed by atoms with E-state index in [4.69, 9.17) is 0 Å². The first-order valence-electron chi connectivity index (χ1n) is 3.82. The van der Waals surface area contributed by atoms with Gasteiger partial charge in [-0.15, -0.1) is 0 Å². The topological polar surface area (TPSA) is 82.3 Å². The summed E-state index contributed by atoms with van der Waals surface area (Å²) in [5.41, 5.74) is -0.979. The molecule has 1 heterocycles. The number of alkyl halides is 2. The van der Waals surface area contributed by atoms with Gasteiger partial charge in [0, 0.05) is 0 Å². The molecule has 0 radical (unpaired) electrons. The molecule has 0 aromatic carbocycles. The van der Waals surface area contributed by atoms with Crippen molar-refractivity contribution in [2.75, 3.05) is 7.11 Å². The van der Waals surface area contributed by atoms with Gasteiger partial charge >= 0.3 is 0 Å². The van der Waals surface area contributed by atoms with Gasteiger partial charge in [0.15, 0.2) is 17.3 Å². The fourth-order valence-electron chi connectivity index (χ4n) is 1.02. The van der Waals surface area contributed by atoms with E-state index >= 15 is 0 Å². The Bertz CT molecular complexity index is 504. The zero-order valence-electron chi connectivity index (χ0n) is 7.95. The van der Waals surface area contributed by atoms with Crippen molar-refractivity contribution in [2.45, 2.75) is 11.3 Å². The fraction of sp³-hybridized carbons (Fsp3) is 0.286. The summed E-state index contributed by atoms with van der Waals surface area (Å²) in [6.45, 7) is 0. The maximum absolute atomic E-state index is 13.4. The molecule has 9 heteroatoms. The molecule has 0 aliphatic carbocycles. The summed E-state index contributed by atoms with van der Waals surface area (Å²) in [5.74, 6) is -2.41. The molecule has 0 unspecified atom stereocenters. The van der Waals surface area contributed by atoms with Gasteiger partial charge in [0.25, 0.3) is 6.43 Å². The predicted molar refractivity (Wildman–Crippen MR) is 47.1 cm³/mol. The standard InChI is InChI=1S/C7H7F3N2O3S/c1-15-6-4(8)3(16(11,13)14)2-12-5(6)7(9)10/h2,7H,1H3,(H2,11,13,14). The highest BCUT2D eigenvalue weighted by atomic mass is 32.2. The molecule has 0 fully saturated rings. The average Bonchev–Trinajstić information content (AvgIpc) is 2.14. The first kappa shape index (κ1) is 12.7. The van der Waals surface area contributed by atoms with Crippen LogP contribution < -0.4 is 9.88 Å². The van der Waals surface area contributed by atoms with Gasteiger partial charge < -0.3 is 4.74 Å². The van der Waals surface area contributed by atoms with E-state index in [1.165, 1.54) is 0 Å². The van der Waals surface area contributed by atoms with Crippen molar-refractivity contribution < 1.29 is 26.3 Å². The summed E-state index contributed by atoms with van der Waals surface area (Å²) in [6.07, 6.45) is -2.66. The summed E-state index contributed by atoms with van der Waals surface area (Å²) in [4.78, 5) is 2.11. The van der Waals surface area contributed by atoms with Crippen molar-refractivity contribution in [1.29, 1.82) is 0 Å². The van der Waals surface area contributed by atoms with E-state index in [0.29, 0.717) is 6.20 Å². The number of sulfonamides is 1. The van der Waals surface area contributed by atoms with Crippen molar-refractivity contribution in [3.63, 3.8) is 0 Å². The molecule has 1 aromatic rings. The van der Waals surface area contributed by atoms with E-state index in [-0.39, 0.29) is 0 Å². The number of aromatic nitrogens is 1. The lowest BCUT2D eigenvalue weighted by molar-refractivity contribution is 0.139. The van der Waals surface area contributed by atoms with Crippen molar-refractivity contribution >= 4 is 10.0 Å². The molecule has 0 saturated carbocycles. The monoisotopic (exact) mass is 256 g/mol. The fourth-order valence-corrected chi connectivity index (χ4v) is 1.56. The average molecular weight is 256 g/mol. The van der Waals surface area contributed by atoms with E-state index in [0.717, 1.165) is 7.11 Å². The molecule has 16 heavy (non-hydrogen) atoms. The molecule has 0 spiro atoms. The Balaban J connectivity index is 3.53. The SMILES string of the molecule is COc1c(C(F)F)ncc(S(N)(=O)=O)c1F. The minimum absolute atomic E-state index is 0.425. The van der Waals surface area contributed by atoms with Crippen LogP contribution in [0.25, 0.3) is 0 Å². The molecule has 0 atom stereocenters. The van der Waals surface area contributed by atoms with E-state index in [2.05, 4.69) is 14.9 Å². The van der Waals surface area contributed by atoms with Crippen LogP contribution >= 0.6 is 0 Å². The van der Waals surface area contributed by atoms with Crippen LogP contribution in [0.15, 0.2) is 11.1 Å². The van der Waals surface area contributed by atoms with Gasteiger partial charge in [-0.05, 0) is 0 Å². The Morgan fingerprint density at radius 3 is 2.44 bits per heavy atom. The molecular weight excluding hydrogens is 249 g/mol. The Labute approximate surface area is 89.1 Å². The number of primary sulfonamides is 1. The number of halogens is 3. The van der Waals surface area contributed by atoms with E-state index in [1.807, 2.05) is 0 Å². The lowest BCUT2D eigenvalue weighted by Crippen LogP contribution is -2.16. The largest absolute Gasteiger partial charge is 0.492 e. The minimum atomic E-state index is -4.37. The number of rotatable bonds is 3. The molecule has 2 N–H and O–H groups in total. The first-order valence-corrected chi connectivity index (χ1v) is 5.37. The van der Waals surface area contributed by atoms with Crippen LogP contribution in [0, 0.1) is 5.82 Å². The number of hydrogen-bond donors (Lipinski definition) is 1. The maximum atomic E-state index is 13.4. The van der Waals surface area contributed by atoms with E-state index in [9.17, 15) is 21.6 Å². The van der Waals surface area contributed by atoms with Gasteiger partial charge in [0.05, 0.1) is 13.3 Å². The Morgan fingerprint density at radius 2 is 2.06 bits per heavy atom. The number of hydrogen-bond acceptors (Lipinski definition) is 4. The van der Waals surface area contributed by atoms with Crippen molar-refractivity contribution in [1.82, 2.24) is 4.98 Å². The second-order valence-corrected chi connectivity index (χ2v) is 4.23. The van der Waals surface area contributed by atoms with Gasteiger partial charge in [-0.25, -0.2) is 31.7 Å². The molecule has 90 valence electrons. The first-order chi connectivity index (χ1) is 7.29. The van der Waals surface area contributed by atoms with E-state index in [1.54, 1.807) is 0 Å². The maximum Gasteiger partial charge on any atom is 0.284 e. The van der Waals surface area contributed by atoms with Crippen LogP contribution in [0.2, 0.25) is 0 Å². The van der Waals surface area contributed by atoms with Crippen LogP contribution in [0.1, 0.15) is 12.1 Å². The van der Waals surface area contributed by atoms with Crippen LogP contribution in [-0.4, -0.2) is 20.5 Å². The molecule has 0 bridgehead atoms. The number of ether oxygens (including phenoxy) is 1. The zero-order chi connectivity index (χ0) is 12.5. The third-order valence-corrected chi connectivity index (χ3v) is 2.58. The summed E-state index contributed by atoms with van der Waals surface area (Å²) in [6, 6.07) is 0. The van der Waals surface area contributed by atoms with Gasteiger partial charge in [0.1, 0.15) is 4.90 Å². The smallest absolute Gasteiger partial charge is 0.284 e. The highest BCUT2D eigenvalue weighted by molar-refractivity contribution is 7.89. The zero-order valence-corrected chi connectivity index (χ0v) is 8.76. The van der Waals surface area contributed by atoms with Crippen molar-refractivity contribution in [3.05, 3.63) is 17.7 Å². The van der Waals surface area contributed by atoms with Gasteiger partial charge in [-0.3, -0.25) is 0 Å². The van der Waals surface area contributed by atoms with Crippen LogP contribution in [0.3, 0.4) is 0 Å². The Hall–Kier alpha value is -1.35. The number of nitrogens with two attached hydrogens (primary N) is 1. The van der Waals surface area contributed by atoms with Crippen molar-refractivity contribution in [2.24, 2.45) is 5.14 Å². The molecular formula is C7H7F3N2O3S. The highest BCUT2D eigenvalue weighted by Crippen LogP contribution is 2.31.